The highest BCUT2D eigenvalue weighted by atomic mass is 35.5. The highest BCUT2D eigenvalue weighted by Gasteiger charge is 2.13. The molecule has 1 atom stereocenters. The number of pyridine rings is 1. The molecule has 0 spiro atoms. The Kier molecular flexibility index (Phi) is 3.39. The minimum atomic E-state index is -0.263. The van der Waals surface area contributed by atoms with E-state index in [0.717, 1.165) is 5.56 Å². The fraction of sp³-hybridized carbons (Fsp3) is 0.182. The molecular weight excluding hydrogens is 240 g/mol. The van der Waals surface area contributed by atoms with Gasteiger partial charge >= 0.3 is 0 Å². The van der Waals surface area contributed by atoms with Gasteiger partial charge in [0.15, 0.2) is 0 Å². The number of nitrogens with one attached hydrogen (secondary N) is 2. The third kappa shape index (κ3) is 2.82. The monoisotopic (exact) mass is 250 g/mol. The van der Waals surface area contributed by atoms with E-state index in [1.165, 1.54) is 0 Å². The zero-order chi connectivity index (χ0) is 12.3. The van der Waals surface area contributed by atoms with Gasteiger partial charge in [-0.15, -0.1) is 0 Å². The maximum atomic E-state index is 11.8. The summed E-state index contributed by atoms with van der Waals surface area (Å²) in [5.74, 6) is -0.263. The van der Waals surface area contributed by atoms with Crippen LogP contribution in [0.4, 0.5) is 0 Å². The van der Waals surface area contributed by atoms with Crippen LogP contribution in [0.1, 0.15) is 29.0 Å². The van der Waals surface area contributed by atoms with E-state index in [4.69, 9.17) is 11.6 Å². The zero-order valence-electron chi connectivity index (χ0n) is 9.14. The van der Waals surface area contributed by atoms with Gasteiger partial charge in [-0.25, -0.2) is 4.98 Å². The Labute approximate surface area is 103 Å². The predicted molar refractivity (Wildman–Crippen MR) is 63.7 cm³/mol. The standard InChI is InChI=1S/C11H11ClN4O/c1-7(8-5-13-14-6-8)15-11(17)9-3-2-4-10(12)16-9/h2-7H,1H3,(H,13,14)(H,15,17). The molecule has 0 aliphatic heterocycles. The summed E-state index contributed by atoms with van der Waals surface area (Å²) in [5, 5.41) is 9.62. The van der Waals surface area contributed by atoms with Crippen LogP contribution in [0.25, 0.3) is 0 Å². The second-order valence-electron chi connectivity index (χ2n) is 3.57. The summed E-state index contributed by atoms with van der Waals surface area (Å²) in [5.41, 5.74) is 1.20. The molecule has 1 unspecified atom stereocenters. The summed E-state index contributed by atoms with van der Waals surface area (Å²) < 4.78 is 0. The van der Waals surface area contributed by atoms with Gasteiger partial charge in [-0.2, -0.15) is 5.10 Å². The molecule has 0 saturated carbocycles. The van der Waals surface area contributed by atoms with Gasteiger partial charge < -0.3 is 5.32 Å². The molecule has 2 aromatic heterocycles. The van der Waals surface area contributed by atoms with E-state index in [9.17, 15) is 4.79 Å². The summed E-state index contributed by atoms with van der Waals surface area (Å²) in [6.45, 7) is 1.87. The Morgan fingerprint density at radius 3 is 3.00 bits per heavy atom. The van der Waals surface area contributed by atoms with E-state index in [-0.39, 0.29) is 11.9 Å². The molecule has 0 saturated heterocycles. The summed E-state index contributed by atoms with van der Waals surface area (Å²) in [6, 6.07) is 4.79. The second kappa shape index (κ2) is 4.97. The summed E-state index contributed by atoms with van der Waals surface area (Å²) >= 11 is 5.72. The fourth-order valence-corrected chi connectivity index (χ4v) is 1.55. The van der Waals surface area contributed by atoms with Crippen molar-refractivity contribution in [1.82, 2.24) is 20.5 Å². The predicted octanol–water partition coefficient (Wildman–Crippen LogP) is 1.95. The van der Waals surface area contributed by atoms with Crippen LogP contribution in [0.5, 0.6) is 0 Å². The van der Waals surface area contributed by atoms with Gasteiger partial charge in [0.25, 0.3) is 5.91 Å². The van der Waals surface area contributed by atoms with Crippen LogP contribution in [-0.2, 0) is 0 Å². The minimum Gasteiger partial charge on any atom is -0.344 e. The van der Waals surface area contributed by atoms with Crippen LogP contribution in [0.2, 0.25) is 5.15 Å². The Morgan fingerprint density at radius 2 is 2.35 bits per heavy atom. The van der Waals surface area contributed by atoms with Crippen LogP contribution >= 0.6 is 11.6 Å². The van der Waals surface area contributed by atoms with E-state index < -0.39 is 0 Å². The van der Waals surface area contributed by atoms with Crippen molar-refractivity contribution in [2.75, 3.05) is 0 Å². The average Bonchev–Trinajstić information content (AvgIpc) is 2.82. The first-order valence-electron chi connectivity index (χ1n) is 5.09. The van der Waals surface area contributed by atoms with Crippen molar-refractivity contribution in [2.24, 2.45) is 0 Å². The normalized spacial score (nSPS) is 12.1. The average molecular weight is 251 g/mol. The molecule has 0 aliphatic carbocycles. The number of hydrogen-bond acceptors (Lipinski definition) is 3. The van der Waals surface area contributed by atoms with Crippen molar-refractivity contribution in [3.63, 3.8) is 0 Å². The molecule has 88 valence electrons. The number of rotatable bonds is 3. The number of hydrogen-bond donors (Lipinski definition) is 2. The van der Waals surface area contributed by atoms with Gasteiger partial charge in [-0.1, -0.05) is 17.7 Å². The van der Waals surface area contributed by atoms with E-state index in [2.05, 4.69) is 20.5 Å². The number of carbonyl (C=O) groups excluding carboxylic acids is 1. The lowest BCUT2D eigenvalue weighted by molar-refractivity contribution is 0.0935. The summed E-state index contributed by atoms with van der Waals surface area (Å²) in [7, 11) is 0. The Hall–Kier alpha value is -1.88. The highest BCUT2D eigenvalue weighted by molar-refractivity contribution is 6.29. The number of amides is 1. The van der Waals surface area contributed by atoms with Crippen LogP contribution in [0, 0.1) is 0 Å². The van der Waals surface area contributed by atoms with Crippen LogP contribution in [0.15, 0.2) is 30.6 Å². The molecule has 0 fully saturated rings. The second-order valence-corrected chi connectivity index (χ2v) is 3.96. The van der Waals surface area contributed by atoms with E-state index in [1.807, 2.05) is 6.92 Å². The third-order valence-electron chi connectivity index (χ3n) is 2.31. The molecule has 2 rings (SSSR count). The molecule has 0 aliphatic rings. The smallest absolute Gasteiger partial charge is 0.270 e. The first-order chi connectivity index (χ1) is 8.16. The highest BCUT2D eigenvalue weighted by Crippen LogP contribution is 2.11. The Morgan fingerprint density at radius 1 is 1.53 bits per heavy atom. The van der Waals surface area contributed by atoms with Gasteiger partial charge in [0, 0.05) is 11.8 Å². The van der Waals surface area contributed by atoms with E-state index in [1.54, 1.807) is 30.6 Å². The molecule has 0 aromatic carbocycles. The zero-order valence-corrected chi connectivity index (χ0v) is 9.90. The lowest BCUT2D eigenvalue weighted by Crippen LogP contribution is -2.27. The van der Waals surface area contributed by atoms with Crippen LogP contribution in [0.3, 0.4) is 0 Å². The Bertz CT molecular complexity index is 512. The SMILES string of the molecule is CC(NC(=O)c1cccc(Cl)n1)c1cn[nH]c1. The lowest BCUT2D eigenvalue weighted by atomic mass is 10.2. The van der Waals surface area contributed by atoms with Crippen molar-refractivity contribution >= 4 is 17.5 Å². The maximum absolute atomic E-state index is 11.8. The van der Waals surface area contributed by atoms with Crippen molar-refractivity contribution in [2.45, 2.75) is 13.0 Å². The van der Waals surface area contributed by atoms with Gasteiger partial charge in [0.1, 0.15) is 10.8 Å². The van der Waals surface area contributed by atoms with E-state index in [0.29, 0.717) is 10.8 Å². The molecule has 17 heavy (non-hydrogen) atoms. The minimum absolute atomic E-state index is 0.137. The third-order valence-corrected chi connectivity index (χ3v) is 2.53. The molecule has 2 aromatic rings. The molecule has 2 heterocycles. The van der Waals surface area contributed by atoms with Crippen molar-refractivity contribution < 1.29 is 4.79 Å². The van der Waals surface area contributed by atoms with Crippen molar-refractivity contribution in [3.8, 4) is 0 Å². The fourth-order valence-electron chi connectivity index (χ4n) is 1.39. The first-order valence-corrected chi connectivity index (χ1v) is 5.46. The number of carbonyl (C=O) groups is 1. The molecule has 1 amide bonds. The van der Waals surface area contributed by atoms with Gasteiger partial charge in [0.05, 0.1) is 12.2 Å². The number of H-pyrrole nitrogens is 1. The number of aromatic amines is 1. The molecule has 0 bridgehead atoms. The van der Waals surface area contributed by atoms with E-state index >= 15 is 0 Å². The molecule has 6 heteroatoms. The maximum Gasteiger partial charge on any atom is 0.270 e. The van der Waals surface area contributed by atoms with Gasteiger partial charge in [-0.3, -0.25) is 9.89 Å². The number of nitrogens with zero attached hydrogens (tertiary/aromatic N) is 2. The van der Waals surface area contributed by atoms with Crippen molar-refractivity contribution in [1.29, 1.82) is 0 Å². The van der Waals surface area contributed by atoms with Crippen LogP contribution in [-0.4, -0.2) is 21.1 Å². The Balaban J connectivity index is 2.07. The number of aromatic nitrogens is 3. The topological polar surface area (TPSA) is 70.7 Å². The molecule has 5 nitrogen and oxygen atoms in total. The van der Waals surface area contributed by atoms with Crippen LogP contribution < -0.4 is 5.32 Å². The van der Waals surface area contributed by atoms with Crippen molar-refractivity contribution in [3.05, 3.63) is 47.0 Å². The number of halogens is 1. The molecule has 2 N–H and O–H groups in total. The summed E-state index contributed by atoms with van der Waals surface area (Å²) in [6.07, 6.45) is 3.40. The lowest BCUT2D eigenvalue weighted by Gasteiger charge is -2.11. The largest absolute Gasteiger partial charge is 0.344 e. The quantitative estimate of drug-likeness (QED) is 0.818. The summed E-state index contributed by atoms with van der Waals surface area (Å²) in [4.78, 5) is 15.8. The molecular formula is C11H11ClN4O. The first kappa shape index (κ1) is 11.6. The van der Waals surface area contributed by atoms with Gasteiger partial charge in [0.2, 0.25) is 0 Å². The van der Waals surface area contributed by atoms with Gasteiger partial charge in [-0.05, 0) is 19.1 Å². The molecule has 0 radical (unpaired) electrons.